The molecule has 3 N–H and O–H groups in total. The average molecular weight is 353 g/mol. The number of rotatable bonds is 5. The van der Waals surface area contributed by atoms with E-state index in [4.69, 9.17) is 4.42 Å². The van der Waals surface area contributed by atoms with Gasteiger partial charge in [0.1, 0.15) is 23.4 Å². The summed E-state index contributed by atoms with van der Waals surface area (Å²) in [6, 6.07) is 11.7. The number of furan rings is 1. The van der Waals surface area contributed by atoms with Crippen LogP contribution in [0.15, 0.2) is 40.8 Å². The van der Waals surface area contributed by atoms with Gasteiger partial charge in [0.15, 0.2) is 0 Å². The molecule has 1 aliphatic rings. The van der Waals surface area contributed by atoms with Crippen molar-refractivity contribution in [3.8, 4) is 0 Å². The molecular formula is C19H23N5O2. The molecule has 1 fully saturated rings. The Bertz CT molecular complexity index is 929. The van der Waals surface area contributed by atoms with Crippen LogP contribution in [0.4, 0.5) is 0 Å². The number of nitrogens with one attached hydrogen (secondary N) is 3. The lowest BCUT2D eigenvalue weighted by atomic mass is 10.1. The second-order valence-corrected chi connectivity index (χ2v) is 6.69. The standard InChI is InChI=1S/C19H23N5O2/c1-12-7-8-17(26-12)14-11-15(23-22-14)19(25)20-10-9-18-21-13-5-3-4-6-16(13)24(18)2/h3-8,14-15,22-23H,9-11H2,1-2H3,(H,20,25). The molecule has 0 saturated carbocycles. The van der Waals surface area contributed by atoms with E-state index in [0.717, 1.165) is 28.4 Å². The van der Waals surface area contributed by atoms with Crippen molar-refractivity contribution in [2.45, 2.75) is 31.8 Å². The number of hydrogen-bond donors (Lipinski definition) is 3. The van der Waals surface area contributed by atoms with E-state index in [2.05, 4.69) is 31.8 Å². The number of fused-ring (bicyclic) bond motifs is 1. The molecule has 0 spiro atoms. The van der Waals surface area contributed by atoms with Crippen LogP contribution in [0.3, 0.4) is 0 Å². The summed E-state index contributed by atoms with van der Waals surface area (Å²) in [5.41, 5.74) is 8.27. The minimum Gasteiger partial charge on any atom is -0.465 e. The van der Waals surface area contributed by atoms with Crippen LogP contribution in [0.2, 0.25) is 0 Å². The maximum absolute atomic E-state index is 12.4. The number of nitrogens with zero attached hydrogens (tertiary/aromatic N) is 2. The normalized spacial score (nSPS) is 19.9. The van der Waals surface area contributed by atoms with Gasteiger partial charge in [-0.1, -0.05) is 12.1 Å². The van der Waals surface area contributed by atoms with Crippen molar-refractivity contribution >= 4 is 16.9 Å². The lowest BCUT2D eigenvalue weighted by Gasteiger charge is -2.10. The predicted molar refractivity (Wildman–Crippen MR) is 98.3 cm³/mol. The molecule has 3 aromatic rings. The number of amides is 1. The summed E-state index contributed by atoms with van der Waals surface area (Å²) < 4.78 is 7.71. The maximum Gasteiger partial charge on any atom is 0.238 e. The molecule has 1 aliphatic heterocycles. The number of para-hydroxylation sites is 2. The van der Waals surface area contributed by atoms with E-state index in [-0.39, 0.29) is 18.0 Å². The van der Waals surface area contributed by atoms with Crippen LogP contribution in [0.1, 0.15) is 29.8 Å². The zero-order valence-electron chi connectivity index (χ0n) is 15.0. The lowest BCUT2D eigenvalue weighted by Crippen LogP contribution is -2.43. The Morgan fingerprint density at radius 1 is 1.31 bits per heavy atom. The molecule has 2 atom stereocenters. The molecule has 7 heteroatoms. The first-order valence-electron chi connectivity index (χ1n) is 8.87. The van der Waals surface area contributed by atoms with Gasteiger partial charge in [0.2, 0.25) is 5.91 Å². The minimum atomic E-state index is -0.272. The van der Waals surface area contributed by atoms with Crippen LogP contribution >= 0.6 is 0 Å². The third-order valence-electron chi connectivity index (χ3n) is 4.85. The van der Waals surface area contributed by atoms with Crippen molar-refractivity contribution in [3.63, 3.8) is 0 Å². The lowest BCUT2D eigenvalue weighted by molar-refractivity contribution is -0.122. The fraction of sp³-hybridized carbons (Fsp3) is 0.368. The summed E-state index contributed by atoms with van der Waals surface area (Å²) in [5, 5.41) is 3.00. The van der Waals surface area contributed by atoms with Crippen molar-refractivity contribution < 1.29 is 9.21 Å². The highest BCUT2D eigenvalue weighted by Gasteiger charge is 2.31. The van der Waals surface area contributed by atoms with Crippen LogP contribution < -0.4 is 16.2 Å². The van der Waals surface area contributed by atoms with E-state index in [9.17, 15) is 4.79 Å². The molecule has 26 heavy (non-hydrogen) atoms. The van der Waals surface area contributed by atoms with Gasteiger partial charge in [-0.05, 0) is 37.6 Å². The van der Waals surface area contributed by atoms with Crippen molar-refractivity contribution in [3.05, 3.63) is 53.7 Å². The van der Waals surface area contributed by atoms with Gasteiger partial charge in [0, 0.05) is 20.0 Å². The Morgan fingerprint density at radius 3 is 2.92 bits per heavy atom. The number of aromatic nitrogens is 2. The van der Waals surface area contributed by atoms with Crippen LogP contribution in [0.25, 0.3) is 11.0 Å². The average Bonchev–Trinajstić information content (AvgIpc) is 3.35. The van der Waals surface area contributed by atoms with E-state index in [1.807, 2.05) is 44.3 Å². The molecule has 4 rings (SSSR count). The molecule has 0 aliphatic carbocycles. The third-order valence-corrected chi connectivity index (χ3v) is 4.85. The van der Waals surface area contributed by atoms with E-state index < -0.39 is 0 Å². The van der Waals surface area contributed by atoms with Crippen molar-refractivity contribution in [2.24, 2.45) is 7.05 Å². The largest absolute Gasteiger partial charge is 0.465 e. The first-order chi connectivity index (χ1) is 12.6. The molecule has 1 amide bonds. The molecule has 0 radical (unpaired) electrons. The summed E-state index contributed by atoms with van der Waals surface area (Å²) in [6.45, 7) is 2.47. The van der Waals surface area contributed by atoms with Gasteiger partial charge < -0.3 is 14.3 Å². The van der Waals surface area contributed by atoms with Gasteiger partial charge in [-0.25, -0.2) is 15.8 Å². The number of carbonyl (C=O) groups excluding carboxylic acids is 1. The molecule has 2 aromatic heterocycles. The topological polar surface area (TPSA) is 84.1 Å². The van der Waals surface area contributed by atoms with Crippen molar-refractivity contribution in [2.75, 3.05) is 6.54 Å². The molecule has 7 nitrogen and oxygen atoms in total. The first-order valence-corrected chi connectivity index (χ1v) is 8.87. The van der Waals surface area contributed by atoms with Gasteiger partial charge in [-0.2, -0.15) is 0 Å². The van der Waals surface area contributed by atoms with E-state index >= 15 is 0 Å². The zero-order valence-corrected chi connectivity index (χ0v) is 15.0. The van der Waals surface area contributed by atoms with Gasteiger partial charge >= 0.3 is 0 Å². The number of aryl methyl sites for hydroxylation is 2. The first kappa shape index (κ1) is 16.8. The highest BCUT2D eigenvalue weighted by molar-refractivity contribution is 5.82. The number of hydrazine groups is 1. The van der Waals surface area contributed by atoms with Gasteiger partial charge in [0.25, 0.3) is 0 Å². The monoisotopic (exact) mass is 353 g/mol. The molecule has 0 bridgehead atoms. The van der Waals surface area contributed by atoms with Crippen molar-refractivity contribution in [1.82, 2.24) is 25.7 Å². The van der Waals surface area contributed by atoms with Crippen LogP contribution in [0, 0.1) is 6.92 Å². The Hall–Kier alpha value is -2.64. The quantitative estimate of drug-likeness (QED) is 0.651. The molecule has 136 valence electrons. The highest BCUT2D eigenvalue weighted by Crippen LogP contribution is 2.24. The fourth-order valence-electron chi connectivity index (χ4n) is 3.40. The fourth-order valence-corrected chi connectivity index (χ4v) is 3.40. The summed E-state index contributed by atoms with van der Waals surface area (Å²) >= 11 is 0. The summed E-state index contributed by atoms with van der Waals surface area (Å²) in [4.78, 5) is 17.0. The smallest absolute Gasteiger partial charge is 0.238 e. The van der Waals surface area contributed by atoms with E-state index in [0.29, 0.717) is 19.4 Å². The summed E-state index contributed by atoms with van der Waals surface area (Å²) in [5.74, 6) is 2.68. The Labute approximate surface area is 151 Å². The third kappa shape index (κ3) is 3.23. The molecule has 1 aromatic carbocycles. The number of carbonyl (C=O) groups is 1. The van der Waals surface area contributed by atoms with Crippen LogP contribution in [0.5, 0.6) is 0 Å². The summed E-state index contributed by atoms with van der Waals surface area (Å²) in [6.07, 6.45) is 1.35. The van der Waals surface area contributed by atoms with Crippen LogP contribution in [-0.4, -0.2) is 28.0 Å². The van der Waals surface area contributed by atoms with Gasteiger partial charge in [0.05, 0.1) is 17.1 Å². The molecule has 2 unspecified atom stereocenters. The van der Waals surface area contributed by atoms with Crippen LogP contribution in [-0.2, 0) is 18.3 Å². The number of benzene rings is 1. The number of imidazole rings is 1. The Balaban J connectivity index is 1.31. The molecular weight excluding hydrogens is 330 g/mol. The van der Waals surface area contributed by atoms with E-state index in [1.165, 1.54) is 0 Å². The zero-order chi connectivity index (χ0) is 18.1. The predicted octanol–water partition coefficient (Wildman–Crippen LogP) is 1.74. The second kappa shape index (κ2) is 6.93. The SMILES string of the molecule is Cc1ccc(C2CC(C(=O)NCCc3nc4ccccc4n3C)NN2)o1. The Morgan fingerprint density at radius 2 is 2.15 bits per heavy atom. The van der Waals surface area contributed by atoms with Gasteiger partial charge in [-0.3, -0.25) is 4.79 Å². The second-order valence-electron chi connectivity index (χ2n) is 6.69. The number of hydrogen-bond acceptors (Lipinski definition) is 5. The van der Waals surface area contributed by atoms with Gasteiger partial charge in [-0.15, -0.1) is 0 Å². The summed E-state index contributed by atoms with van der Waals surface area (Å²) in [7, 11) is 2.00. The van der Waals surface area contributed by atoms with Crippen molar-refractivity contribution in [1.29, 1.82) is 0 Å². The highest BCUT2D eigenvalue weighted by atomic mass is 16.3. The maximum atomic E-state index is 12.4. The molecule has 3 heterocycles. The Kier molecular flexibility index (Phi) is 4.48. The van der Waals surface area contributed by atoms with E-state index in [1.54, 1.807) is 0 Å². The molecule has 1 saturated heterocycles. The minimum absolute atomic E-state index is 0.0120.